The van der Waals surface area contributed by atoms with Crippen molar-refractivity contribution in [2.24, 2.45) is 0 Å². The molecule has 2 rings (SSSR count). The van der Waals surface area contributed by atoms with E-state index in [9.17, 15) is 17.6 Å². The maximum atomic E-state index is 13.3. The quantitative estimate of drug-likeness (QED) is 0.620. The third-order valence-electron chi connectivity index (χ3n) is 4.94. The lowest BCUT2D eigenvalue weighted by Gasteiger charge is -2.30. The Morgan fingerprint density at radius 3 is 1.97 bits per heavy atom. The van der Waals surface area contributed by atoms with Crippen molar-refractivity contribution in [1.29, 1.82) is 0 Å². The maximum absolute atomic E-state index is 13.3. The predicted molar refractivity (Wildman–Crippen MR) is 120 cm³/mol. The molecule has 0 spiro atoms. The van der Waals surface area contributed by atoms with Crippen LogP contribution in [-0.2, 0) is 21.4 Å². The first kappa shape index (κ1) is 23.7. The zero-order valence-electron chi connectivity index (χ0n) is 17.9. The highest BCUT2D eigenvalue weighted by Gasteiger charge is 2.31. The molecule has 0 saturated heterocycles. The van der Waals surface area contributed by atoms with Gasteiger partial charge in [-0.25, -0.2) is 12.8 Å². The highest BCUT2D eigenvalue weighted by atomic mass is 32.2. The summed E-state index contributed by atoms with van der Waals surface area (Å²) >= 11 is 0. The van der Waals surface area contributed by atoms with Crippen LogP contribution in [0.5, 0.6) is 0 Å². The van der Waals surface area contributed by atoms with Crippen LogP contribution < -0.4 is 14.5 Å². The Morgan fingerprint density at radius 2 is 1.50 bits per heavy atom. The highest BCUT2D eigenvalue weighted by Crippen LogP contribution is 2.23. The Morgan fingerprint density at radius 1 is 0.967 bits per heavy atom. The molecule has 0 aliphatic heterocycles. The third kappa shape index (κ3) is 5.95. The van der Waals surface area contributed by atoms with Crippen LogP contribution in [0.2, 0.25) is 0 Å². The molecule has 0 aliphatic rings. The van der Waals surface area contributed by atoms with E-state index in [0.717, 1.165) is 34.9 Å². The van der Waals surface area contributed by atoms with Crippen molar-refractivity contribution in [2.75, 3.05) is 28.6 Å². The van der Waals surface area contributed by atoms with Crippen molar-refractivity contribution in [1.82, 2.24) is 5.32 Å². The molecule has 6 nitrogen and oxygen atoms in total. The van der Waals surface area contributed by atoms with E-state index in [1.54, 1.807) is 6.92 Å². The lowest BCUT2D eigenvalue weighted by Crippen LogP contribution is -2.49. The molecule has 1 atom stereocenters. The lowest BCUT2D eigenvalue weighted by molar-refractivity contribution is -0.122. The number of benzene rings is 2. The van der Waals surface area contributed by atoms with E-state index in [4.69, 9.17) is 0 Å². The number of hydrogen-bond acceptors (Lipinski definition) is 4. The average Bonchev–Trinajstić information content (AvgIpc) is 2.72. The fraction of sp³-hybridized carbons (Fsp3) is 0.409. The molecule has 0 radical (unpaired) electrons. The number of nitrogens with one attached hydrogen (secondary N) is 1. The third-order valence-corrected chi connectivity index (χ3v) is 6.12. The summed E-state index contributed by atoms with van der Waals surface area (Å²) in [6.45, 7) is 8.04. The SMILES string of the molecule is CC[C@H](C(=O)NCc1ccc(N(CC)CC)cc1)N(c1ccc(F)cc1)S(C)(=O)=O. The van der Waals surface area contributed by atoms with E-state index in [1.165, 1.54) is 24.3 Å². The van der Waals surface area contributed by atoms with Crippen LogP contribution in [0.4, 0.5) is 15.8 Å². The number of carbonyl (C=O) groups is 1. The average molecular weight is 436 g/mol. The number of anilines is 2. The van der Waals surface area contributed by atoms with E-state index < -0.39 is 27.8 Å². The van der Waals surface area contributed by atoms with E-state index >= 15 is 0 Å². The van der Waals surface area contributed by atoms with Gasteiger partial charge in [-0.15, -0.1) is 0 Å². The minimum Gasteiger partial charge on any atom is -0.372 e. The topological polar surface area (TPSA) is 69.7 Å². The molecule has 0 heterocycles. The molecular weight excluding hydrogens is 405 g/mol. The van der Waals surface area contributed by atoms with Gasteiger partial charge in [0.1, 0.15) is 11.9 Å². The zero-order valence-corrected chi connectivity index (χ0v) is 18.7. The Labute approximate surface area is 178 Å². The summed E-state index contributed by atoms with van der Waals surface area (Å²) in [5.74, 6) is -0.877. The summed E-state index contributed by atoms with van der Waals surface area (Å²) in [5.41, 5.74) is 2.28. The number of halogens is 1. The predicted octanol–water partition coefficient (Wildman–Crippen LogP) is 3.53. The fourth-order valence-electron chi connectivity index (χ4n) is 3.37. The van der Waals surface area contributed by atoms with Gasteiger partial charge < -0.3 is 10.2 Å². The molecule has 0 fully saturated rings. The van der Waals surface area contributed by atoms with E-state index in [0.29, 0.717) is 0 Å². The minimum absolute atomic E-state index is 0.254. The summed E-state index contributed by atoms with van der Waals surface area (Å²) < 4.78 is 39.1. The van der Waals surface area contributed by atoms with E-state index in [2.05, 4.69) is 24.1 Å². The number of hydrogen-bond donors (Lipinski definition) is 1. The first-order valence-corrected chi connectivity index (χ1v) is 11.9. The molecule has 1 amide bonds. The van der Waals surface area contributed by atoms with Crippen LogP contribution in [0, 0.1) is 5.82 Å². The van der Waals surface area contributed by atoms with Crippen molar-refractivity contribution in [3.8, 4) is 0 Å². The number of nitrogens with zero attached hydrogens (tertiary/aromatic N) is 2. The molecule has 0 aliphatic carbocycles. The number of amides is 1. The summed E-state index contributed by atoms with van der Waals surface area (Å²) in [4.78, 5) is 15.1. The van der Waals surface area contributed by atoms with Crippen LogP contribution in [0.3, 0.4) is 0 Å². The molecule has 30 heavy (non-hydrogen) atoms. The maximum Gasteiger partial charge on any atom is 0.244 e. The molecule has 0 saturated carbocycles. The van der Waals surface area contributed by atoms with Gasteiger partial charge in [0.15, 0.2) is 0 Å². The highest BCUT2D eigenvalue weighted by molar-refractivity contribution is 7.92. The zero-order chi connectivity index (χ0) is 22.3. The van der Waals surface area contributed by atoms with Crippen molar-refractivity contribution < 1.29 is 17.6 Å². The van der Waals surface area contributed by atoms with Crippen LogP contribution in [0.1, 0.15) is 32.8 Å². The monoisotopic (exact) mass is 435 g/mol. The molecule has 164 valence electrons. The van der Waals surface area contributed by atoms with Gasteiger partial charge in [0.05, 0.1) is 11.9 Å². The van der Waals surface area contributed by atoms with Gasteiger partial charge in [0, 0.05) is 25.3 Å². The molecule has 1 N–H and O–H groups in total. The first-order valence-electron chi connectivity index (χ1n) is 10.1. The van der Waals surface area contributed by atoms with E-state index in [-0.39, 0.29) is 18.7 Å². The van der Waals surface area contributed by atoms with Crippen molar-refractivity contribution in [3.63, 3.8) is 0 Å². The van der Waals surface area contributed by atoms with Crippen molar-refractivity contribution >= 4 is 27.3 Å². The molecular formula is C22H30FN3O3S. The standard InChI is InChI=1S/C22H30FN3O3S/c1-5-21(26(30(4,28)29)20-14-10-18(23)11-15-20)22(27)24-16-17-8-12-19(13-9-17)25(6-2)7-3/h8-15,21H,5-7,16H2,1-4H3,(H,24,27)/t21-/m1/s1. The second kappa shape index (κ2) is 10.4. The summed E-state index contributed by atoms with van der Waals surface area (Å²) in [7, 11) is -3.75. The van der Waals surface area contributed by atoms with Crippen LogP contribution in [0.15, 0.2) is 48.5 Å². The number of sulfonamides is 1. The summed E-state index contributed by atoms with van der Waals surface area (Å²) in [5, 5.41) is 2.83. The fourth-order valence-corrected chi connectivity index (χ4v) is 4.58. The minimum atomic E-state index is -3.75. The molecule has 0 aromatic heterocycles. The second-order valence-corrected chi connectivity index (χ2v) is 8.88. The molecule has 2 aromatic carbocycles. The summed E-state index contributed by atoms with van der Waals surface area (Å²) in [6.07, 6.45) is 1.31. The van der Waals surface area contributed by atoms with Crippen molar-refractivity contribution in [2.45, 2.75) is 39.8 Å². The van der Waals surface area contributed by atoms with Gasteiger partial charge >= 0.3 is 0 Å². The van der Waals surface area contributed by atoms with Gasteiger partial charge in [0.25, 0.3) is 0 Å². The number of rotatable bonds is 10. The van der Waals surface area contributed by atoms with Crippen LogP contribution in [-0.4, -0.2) is 39.7 Å². The van der Waals surface area contributed by atoms with Gasteiger partial charge in [-0.2, -0.15) is 0 Å². The van der Waals surface area contributed by atoms with E-state index in [1.807, 2.05) is 24.3 Å². The van der Waals surface area contributed by atoms with Gasteiger partial charge in [-0.3, -0.25) is 9.10 Å². The smallest absolute Gasteiger partial charge is 0.244 e. The Bertz CT molecular complexity index is 927. The second-order valence-electron chi connectivity index (χ2n) is 7.02. The Kier molecular flexibility index (Phi) is 8.23. The molecule has 0 bridgehead atoms. The molecule has 2 aromatic rings. The molecule has 8 heteroatoms. The molecule has 0 unspecified atom stereocenters. The lowest BCUT2D eigenvalue weighted by atomic mass is 10.1. The summed E-state index contributed by atoms with van der Waals surface area (Å²) in [6, 6.07) is 12.1. The largest absolute Gasteiger partial charge is 0.372 e. The Hall–Kier alpha value is -2.61. The van der Waals surface area contributed by atoms with Gasteiger partial charge in [-0.05, 0) is 62.2 Å². The normalized spacial score (nSPS) is 12.3. The van der Waals surface area contributed by atoms with Crippen molar-refractivity contribution in [3.05, 3.63) is 59.9 Å². The Balaban J connectivity index is 2.15. The van der Waals surface area contributed by atoms with Gasteiger partial charge in [-0.1, -0.05) is 19.1 Å². The van der Waals surface area contributed by atoms with Crippen LogP contribution in [0.25, 0.3) is 0 Å². The number of carbonyl (C=O) groups excluding carboxylic acids is 1. The van der Waals surface area contributed by atoms with Gasteiger partial charge in [0.2, 0.25) is 15.9 Å². The van der Waals surface area contributed by atoms with Crippen LogP contribution >= 0.6 is 0 Å². The first-order chi connectivity index (χ1) is 14.2.